The van der Waals surface area contributed by atoms with E-state index < -0.39 is 29.8 Å². The molecular formula is C17H17F3N4O6. The van der Waals surface area contributed by atoms with Crippen LogP contribution in [-0.2, 0) is 6.18 Å². The molecule has 1 unspecified atom stereocenters. The van der Waals surface area contributed by atoms with Gasteiger partial charge in [0.15, 0.2) is 5.69 Å². The van der Waals surface area contributed by atoms with E-state index in [1.54, 1.807) is 6.92 Å². The molecule has 2 aromatic rings. The van der Waals surface area contributed by atoms with Crippen molar-refractivity contribution in [2.75, 3.05) is 11.9 Å². The summed E-state index contributed by atoms with van der Waals surface area (Å²) in [5, 5.41) is 28.6. The van der Waals surface area contributed by atoms with E-state index in [4.69, 9.17) is 21.1 Å². The number of aromatic carboxylic acids is 3. The second-order valence-electron chi connectivity index (χ2n) is 5.86. The highest BCUT2D eigenvalue weighted by Gasteiger charge is 2.32. The third kappa shape index (κ3) is 7.71. The Bertz CT molecular complexity index is 838. The zero-order valence-corrected chi connectivity index (χ0v) is 15.3. The SMILES string of the molecule is CC(N)CNc1cnc(C(F)(F)F)cn1.O=C(O)c1cc(C(=O)O)cc(C(=O)O)c1. The van der Waals surface area contributed by atoms with Gasteiger partial charge in [-0.2, -0.15) is 13.2 Å². The Kier molecular flexibility index (Phi) is 8.23. The lowest BCUT2D eigenvalue weighted by molar-refractivity contribution is -0.141. The first-order valence-corrected chi connectivity index (χ1v) is 8.05. The molecule has 0 spiro atoms. The molecule has 0 radical (unpaired) electrons. The molecule has 1 aromatic carbocycles. The summed E-state index contributed by atoms with van der Waals surface area (Å²) in [6.07, 6.45) is -2.73. The van der Waals surface area contributed by atoms with Crippen molar-refractivity contribution < 1.29 is 42.9 Å². The number of anilines is 1. The number of benzene rings is 1. The number of carbonyl (C=O) groups is 3. The highest BCUT2D eigenvalue weighted by atomic mass is 19.4. The summed E-state index contributed by atoms with van der Waals surface area (Å²) < 4.78 is 36.3. The molecular weight excluding hydrogens is 413 g/mol. The number of alkyl halides is 3. The van der Waals surface area contributed by atoms with Crippen molar-refractivity contribution in [2.45, 2.75) is 19.1 Å². The van der Waals surface area contributed by atoms with Crippen LogP contribution in [0.1, 0.15) is 43.7 Å². The Hall–Kier alpha value is -3.74. The van der Waals surface area contributed by atoms with Gasteiger partial charge < -0.3 is 26.4 Å². The van der Waals surface area contributed by atoms with Gasteiger partial charge in [-0.15, -0.1) is 0 Å². The van der Waals surface area contributed by atoms with Gasteiger partial charge in [0.2, 0.25) is 0 Å². The predicted octanol–water partition coefficient (Wildman–Crippen LogP) is 2.04. The maximum Gasteiger partial charge on any atom is 0.434 e. The summed E-state index contributed by atoms with van der Waals surface area (Å²) in [5.74, 6) is -3.85. The van der Waals surface area contributed by atoms with Gasteiger partial charge in [0.1, 0.15) is 5.82 Å². The number of hydrogen-bond acceptors (Lipinski definition) is 7. The molecule has 1 heterocycles. The molecule has 1 atom stereocenters. The number of carboxylic acids is 3. The number of nitrogens with one attached hydrogen (secondary N) is 1. The summed E-state index contributed by atoms with van der Waals surface area (Å²) in [6.45, 7) is 2.20. The van der Waals surface area contributed by atoms with Gasteiger partial charge in [-0.3, -0.25) is 0 Å². The molecule has 0 aliphatic rings. The molecule has 0 bridgehead atoms. The highest BCUT2D eigenvalue weighted by molar-refractivity contribution is 5.98. The number of aromatic nitrogens is 2. The van der Waals surface area contributed by atoms with Crippen LogP contribution in [0.25, 0.3) is 0 Å². The first-order chi connectivity index (χ1) is 13.8. The van der Waals surface area contributed by atoms with E-state index in [1.165, 1.54) is 0 Å². The van der Waals surface area contributed by atoms with Gasteiger partial charge in [0.05, 0.1) is 29.1 Å². The van der Waals surface area contributed by atoms with Crippen molar-refractivity contribution in [1.82, 2.24) is 9.97 Å². The fourth-order valence-corrected chi connectivity index (χ4v) is 1.83. The molecule has 0 amide bonds. The van der Waals surface area contributed by atoms with Crippen molar-refractivity contribution in [3.05, 3.63) is 53.0 Å². The Morgan fingerprint density at radius 2 is 1.40 bits per heavy atom. The predicted molar refractivity (Wildman–Crippen MR) is 96.5 cm³/mol. The molecule has 162 valence electrons. The van der Waals surface area contributed by atoms with Crippen LogP contribution in [0.2, 0.25) is 0 Å². The fraction of sp³-hybridized carbons (Fsp3) is 0.235. The van der Waals surface area contributed by atoms with E-state index in [0.717, 1.165) is 24.4 Å². The van der Waals surface area contributed by atoms with Gasteiger partial charge in [-0.25, -0.2) is 24.4 Å². The number of hydrogen-bond donors (Lipinski definition) is 5. The quantitative estimate of drug-likeness (QED) is 0.456. The fourth-order valence-electron chi connectivity index (χ4n) is 1.83. The largest absolute Gasteiger partial charge is 0.478 e. The smallest absolute Gasteiger partial charge is 0.434 e. The minimum absolute atomic E-state index is 0.103. The van der Waals surface area contributed by atoms with Crippen LogP contribution in [0.15, 0.2) is 30.6 Å². The van der Waals surface area contributed by atoms with Gasteiger partial charge in [-0.05, 0) is 25.1 Å². The highest BCUT2D eigenvalue weighted by Crippen LogP contribution is 2.26. The second kappa shape index (κ2) is 10.2. The Morgan fingerprint density at radius 1 is 0.967 bits per heavy atom. The lowest BCUT2D eigenvalue weighted by Gasteiger charge is -2.09. The number of rotatable bonds is 6. The first kappa shape index (κ1) is 24.3. The molecule has 0 aliphatic heterocycles. The zero-order valence-electron chi connectivity index (χ0n) is 15.3. The van der Waals surface area contributed by atoms with Crippen molar-refractivity contribution in [3.63, 3.8) is 0 Å². The average Bonchev–Trinajstić information content (AvgIpc) is 2.66. The standard InChI is InChI=1S/C9H6O6.C8H11F3N4/c10-7(11)4-1-5(8(12)13)3-6(2-4)9(14)15;1-5(12)2-14-7-4-13-6(3-15-7)8(9,10)11/h1-3H,(H,10,11)(H,12,13)(H,14,15);3-5H,2,12H2,1H3,(H,14,15). The van der Waals surface area contributed by atoms with Crippen molar-refractivity contribution in [1.29, 1.82) is 0 Å². The summed E-state index contributed by atoms with van der Waals surface area (Å²) >= 11 is 0. The van der Waals surface area contributed by atoms with Crippen LogP contribution < -0.4 is 11.1 Å². The van der Waals surface area contributed by atoms with E-state index in [0.29, 0.717) is 12.7 Å². The lowest BCUT2D eigenvalue weighted by Crippen LogP contribution is -2.25. The second-order valence-corrected chi connectivity index (χ2v) is 5.86. The summed E-state index contributed by atoms with van der Waals surface area (Å²) in [4.78, 5) is 38.5. The topological polar surface area (TPSA) is 176 Å². The van der Waals surface area contributed by atoms with Gasteiger partial charge in [0.25, 0.3) is 0 Å². The van der Waals surface area contributed by atoms with Crippen LogP contribution in [0.4, 0.5) is 19.0 Å². The molecule has 30 heavy (non-hydrogen) atoms. The van der Waals surface area contributed by atoms with E-state index in [1.807, 2.05) is 0 Å². The van der Waals surface area contributed by atoms with Crippen LogP contribution in [0, 0.1) is 0 Å². The Morgan fingerprint density at radius 3 is 1.67 bits per heavy atom. The van der Waals surface area contributed by atoms with Crippen molar-refractivity contribution in [3.8, 4) is 0 Å². The Balaban J connectivity index is 0.000000300. The monoisotopic (exact) mass is 430 g/mol. The maximum atomic E-state index is 12.1. The summed E-state index contributed by atoms with van der Waals surface area (Å²) in [5.41, 5.74) is 3.34. The number of halogens is 3. The van der Waals surface area contributed by atoms with Crippen molar-refractivity contribution in [2.24, 2.45) is 5.73 Å². The van der Waals surface area contributed by atoms with E-state index >= 15 is 0 Å². The van der Waals surface area contributed by atoms with E-state index in [2.05, 4.69) is 15.3 Å². The van der Waals surface area contributed by atoms with Crippen LogP contribution in [0.3, 0.4) is 0 Å². The van der Waals surface area contributed by atoms with E-state index in [-0.39, 0.29) is 28.6 Å². The minimum atomic E-state index is -4.45. The zero-order chi connectivity index (χ0) is 23.1. The molecule has 13 heteroatoms. The molecule has 0 saturated carbocycles. The normalized spacial score (nSPS) is 11.6. The summed E-state index contributed by atoms with van der Waals surface area (Å²) in [6, 6.07) is 2.60. The van der Waals surface area contributed by atoms with Gasteiger partial charge in [-0.1, -0.05) is 0 Å². The number of nitrogens with two attached hydrogens (primary N) is 1. The van der Waals surface area contributed by atoms with Gasteiger partial charge in [0, 0.05) is 12.6 Å². The third-order valence-corrected chi connectivity index (χ3v) is 3.22. The maximum absolute atomic E-state index is 12.1. The Labute approximate surface area is 167 Å². The molecule has 1 aromatic heterocycles. The lowest BCUT2D eigenvalue weighted by atomic mass is 10.1. The van der Waals surface area contributed by atoms with Crippen LogP contribution in [-0.4, -0.2) is 55.8 Å². The number of nitrogens with zero attached hydrogens (tertiary/aromatic N) is 2. The molecule has 0 saturated heterocycles. The molecule has 6 N–H and O–H groups in total. The molecule has 0 aliphatic carbocycles. The summed E-state index contributed by atoms with van der Waals surface area (Å²) in [7, 11) is 0. The van der Waals surface area contributed by atoms with Crippen LogP contribution in [0.5, 0.6) is 0 Å². The minimum Gasteiger partial charge on any atom is -0.478 e. The van der Waals surface area contributed by atoms with Gasteiger partial charge >= 0.3 is 24.1 Å². The average molecular weight is 430 g/mol. The van der Waals surface area contributed by atoms with E-state index in [9.17, 15) is 27.6 Å². The third-order valence-electron chi connectivity index (χ3n) is 3.22. The first-order valence-electron chi connectivity index (χ1n) is 8.05. The van der Waals surface area contributed by atoms with Crippen LogP contribution >= 0.6 is 0 Å². The molecule has 2 rings (SSSR count). The molecule has 10 nitrogen and oxygen atoms in total. The molecule has 0 fully saturated rings. The number of carboxylic acid groups (broad SMARTS) is 3. The van der Waals surface area contributed by atoms with Crippen molar-refractivity contribution >= 4 is 23.7 Å².